The van der Waals surface area contributed by atoms with E-state index in [4.69, 9.17) is 0 Å². The molecule has 0 spiro atoms. The van der Waals surface area contributed by atoms with Gasteiger partial charge >= 0.3 is 0 Å². The lowest BCUT2D eigenvalue weighted by Gasteiger charge is -2.31. The molecule has 0 radical (unpaired) electrons. The number of rotatable bonds is 4. The van der Waals surface area contributed by atoms with Gasteiger partial charge in [-0.05, 0) is 26.7 Å². The van der Waals surface area contributed by atoms with Gasteiger partial charge in [-0.1, -0.05) is 12.8 Å². The van der Waals surface area contributed by atoms with Crippen LogP contribution < -0.4 is 10.6 Å². The van der Waals surface area contributed by atoms with Crippen LogP contribution in [0, 0.1) is 19.8 Å². The third-order valence-corrected chi connectivity index (χ3v) is 5.52. The minimum Gasteiger partial charge on any atom is -0.359 e. The molecule has 2 heterocycles. The van der Waals surface area contributed by atoms with E-state index in [9.17, 15) is 4.79 Å². The van der Waals surface area contributed by atoms with Crippen molar-refractivity contribution < 1.29 is 4.79 Å². The molecular weight excluding hydrogens is 296 g/mol. The number of hydrogen-bond acceptors (Lipinski definition) is 4. The number of thiazole rings is 1. The molecule has 3 rings (SSSR count). The highest BCUT2D eigenvalue weighted by Crippen LogP contribution is 2.26. The number of hydrogen-bond donors (Lipinski definition) is 2. The van der Waals surface area contributed by atoms with Crippen LogP contribution in [0.1, 0.15) is 41.9 Å². The highest BCUT2D eigenvalue weighted by molar-refractivity contribution is 7.17. The van der Waals surface area contributed by atoms with Gasteiger partial charge < -0.3 is 10.6 Å². The van der Waals surface area contributed by atoms with Crippen molar-refractivity contribution in [3.63, 3.8) is 0 Å². The van der Waals surface area contributed by atoms with Gasteiger partial charge in [0.05, 0.1) is 17.3 Å². The van der Waals surface area contributed by atoms with Crippen molar-refractivity contribution in [1.29, 1.82) is 0 Å². The lowest BCUT2D eigenvalue weighted by atomic mass is 9.84. The molecule has 0 saturated heterocycles. The molecule has 1 fully saturated rings. The average molecular weight is 320 g/mol. The first kappa shape index (κ1) is 15.5. The van der Waals surface area contributed by atoms with Crippen molar-refractivity contribution in [2.75, 3.05) is 7.05 Å². The summed E-state index contributed by atoms with van der Waals surface area (Å²) in [6, 6.07) is 0.262. The molecule has 120 valence electrons. The third kappa shape index (κ3) is 2.90. The fourth-order valence-electron chi connectivity index (χ4n) is 3.42. The first-order valence-electron chi connectivity index (χ1n) is 7.99. The van der Waals surface area contributed by atoms with Crippen molar-refractivity contribution in [3.8, 4) is 0 Å². The Morgan fingerprint density at radius 3 is 2.95 bits per heavy atom. The SMILES string of the molecule is CNC(=O)C1CCCCC1NCc1c(C)nc2sc(C)cn12. The van der Waals surface area contributed by atoms with E-state index >= 15 is 0 Å². The van der Waals surface area contributed by atoms with E-state index in [1.54, 1.807) is 18.4 Å². The van der Waals surface area contributed by atoms with Crippen LogP contribution in [0.3, 0.4) is 0 Å². The molecule has 2 N–H and O–H groups in total. The maximum Gasteiger partial charge on any atom is 0.224 e. The molecule has 1 amide bonds. The van der Waals surface area contributed by atoms with Gasteiger partial charge in [0.1, 0.15) is 0 Å². The molecule has 2 aromatic rings. The highest BCUT2D eigenvalue weighted by atomic mass is 32.1. The van der Waals surface area contributed by atoms with E-state index < -0.39 is 0 Å². The van der Waals surface area contributed by atoms with Crippen molar-refractivity contribution in [2.24, 2.45) is 5.92 Å². The Morgan fingerprint density at radius 2 is 2.18 bits per heavy atom. The van der Waals surface area contributed by atoms with Gasteiger partial charge in [0, 0.05) is 30.7 Å². The number of imidazole rings is 1. The summed E-state index contributed by atoms with van der Waals surface area (Å²) in [5.41, 5.74) is 2.28. The van der Waals surface area contributed by atoms with Gasteiger partial charge in [0.15, 0.2) is 4.96 Å². The predicted molar refractivity (Wildman–Crippen MR) is 89.2 cm³/mol. The first-order valence-corrected chi connectivity index (χ1v) is 8.80. The van der Waals surface area contributed by atoms with Crippen LogP contribution in [0.15, 0.2) is 6.20 Å². The number of aromatic nitrogens is 2. The monoisotopic (exact) mass is 320 g/mol. The second kappa shape index (κ2) is 6.38. The fraction of sp³-hybridized carbons (Fsp3) is 0.625. The van der Waals surface area contributed by atoms with Crippen molar-refractivity contribution >= 4 is 22.2 Å². The molecule has 22 heavy (non-hydrogen) atoms. The summed E-state index contributed by atoms with van der Waals surface area (Å²) in [6.45, 7) is 4.93. The Labute approximate surface area is 135 Å². The number of nitrogens with zero attached hydrogens (tertiary/aromatic N) is 2. The summed E-state index contributed by atoms with van der Waals surface area (Å²) in [4.78, 5) is 19.0. The Kier molecular flexibility index (Phi) is 4.49. The van der Waals surface area contributed by atoms with E-state index in [0.717, 1.165) is 36.5 Å². The van der Waals surface area contributed by atoms with Crippen LogP contribution in [0.5, 0.6) is 0 Å². The van der Waals surface area contributed by atoms with Gasteiger partial charge in [0.25, 0.3) is 0 Å². The molecule has 2 aromatic heterocycles. The second-order valence-corrected chi connectivity index (χ2v) is 7.34. The van der Waals surface area contributed by atoms with Crippen LogP contribution in [-0.4, -0.2) is 28.4 Å². The Morgan fingerprint density at radius 1 is 1.41 bits per heavy atom. The van der Waals surface area contributed by atoms with Gasteiger partial charge in [-0.3, -0.25) is 9.20 Å². The van der Waals surface area contributed by atoms with Crippen molar-refractivity contribution in [3.05, 3.63) is 22.5 Å². The molecule has 2 atom stereocenters. The van der Waals surface area contributed by atoms with E-state index in [-0.39, 0.29) is 17.9 Å². The minimum absolute atomic E-state index is 0.0895. The predicted octanol–water partition coefficient (Wildman–Crippen LogP) is 2.41. The third-order valence-electron chi connectivity index (χ3n) is 4.62. The zero-order valence-corrected chi connectivity index (χ0v) is 14.3. The van der Waals surface area contributed by atoms with Crippen LogP contribution >= 0.6 is 11.3 Å². The second-order valence-electron chi connectivity index (χ2n) is 6.13. The standard InChI is InChI=1S/C16H24N4OS/c1-10-9-20-14(11(2)19-16(20)22-10)8-18-13-7-5-4-6-12(13)15(21)17-3/h9,12-13,18H,4-8H2,1-3H3,(H,17,21). The largest absolute Gasteiger partial charge is 0.359 e. The Bertz CT molecular complexity index is 675. The average Bonchev–Trinajstić information content (AvgIpc) is 3.00. The van der Waals surface area contributed by atoms with Crippen molar-refractivity contribution in [1.82, 2.24) is 20.0 Å². The molecule has 2 unspecified atom stereocenters. The molecule has 6 heteroatoms. The molecule has 5 nitrogen and oxygen atoms in total. The number of fused-ring (bicyclic) bond motifs is 1. The van der Waals surface area contributed by atoms with Gasteiger partial charge in [-0.15, -0.1) is 11.3 Å². The zero-order chi connectivity index (χ0) is 15.7. The summed E-state index contributed by atoms with van der Waals surface area (Å²) in [7, 11) is 1.73. The fourth-order valence-corrected chi connectivity index (χ4v) is 4.31. The van der Waals surface area contributed by atoms with Crippen LogP contribution in [0.25, 0.3) is 4.96 Å². The van der Waals surface area contributed by atoms with E-state index in [2.05, 4.69) is 40.1 Å². The molecule has 0 aliphatic heterocycles. The number of carbonyl (C=O) groups excluding carboxylic acids is 1. The van der Waals surface area contributed by atoms with Crippen molar-refractivity contribution in [2.45, 2.75) is 52.1 Å². The quantitative estimate of drug-likeness (QED) is 0.909. The molecule has 0 aromatic carbocycles. The van der Waals surface area contributed by atoms with E-state index in [1.165, 1.54) is 17.0 Å². The molecule has 1 aliphatic rings. The highest BCUT2D eigenvalue weighted by Gasteiger charge is 2.30. The number of amides is 1. The lowest BCUT2D eigenvalue weighted by Crippen LogP contribution is -2.45. The smallest absolute Gasteiger partial charge is 0.224 e. The van der Waals surface area contributed by atoms with Gasteiger partial charge in [-0.25, -0.2) is 4.98 Å². The van der Waals surface area contributed by atoms with Crippen LogP contribution in [0.4, 0.5) is 0 Å². The molecule has 1 saturated carbocycles. The Hall–Kier alpha value is -1.40. The number of carbonyl (C=O) groups is 1. The maximum atomic E-state index is 12.1. The number of nitrogens with one attached hydrogen (secondary N) is 2. The molecule has 0 bridgehead atoms. The van der Waals surface area contributed by atoms with Crippen LogP contribution in [0.2, 0.25) is 0 Å². The zero-order valence-electron chi connectivity index (χ0n) is 13.5. The summed E-state index contributed by atoms with van der Waals surface area (Å²) in [6.07, 6.45) is 6.55. The van der Waals surface area contributed by atoms with Gasteiger partial charge in [0.2, 0.25) is 5.91 Å². The summed E-state index contributed by atoms with van der Waals surface area (Å²) in [5.74, 6) is 0.255. The first-order chi connectivity index (χ1) is 10.6. The minimum atomic E-state index is 0.0895. The number of aryl methyl sites for hydroxylation is 2. The van der Waals surface area contributed by atoms with Gasteiger partial charge in [-0.2, -0.15) is 0 Å². The normalized spacial score (nSPS) is 22.1. The topological polar surface area (TPSA) is 58.4 Å². The van der Waals surface area contributed by atoms with E-state index in [0.29, 0.717) is 0 Å². The summed E-state index contributed by atoms with van der Waals surface area (Å²) < 4.78 is 2.18. The molecular formula is C16H24N4OS. The summed E-state index contributed by atoms with van der Waals surface area (Å²) >= 11 is 1.72. The summed E-state index contributed by atoms with van der Waals surface area (Å²) in [5, 5.41) is 6.42. The Balaban J connectivity index is 1.74. The van der Waals surface area contributed by atoms with Crippen LogP contribution in [-0.2, 0) is 11.3 Å². The molecule has 1 aliphatic carbocycles. The van der Waals surface area contributed by atoms with E-state index in [1.807, 2.05) is 0 Å². The lowest BCUT2D eigenvalue weighted by molar-refractivity contribution is -0.126. The maximum absolute atomic E-state index is 12.1.